The van der Waals surface area contributed by atoms with Gasteiger partial charge in [-0.2, -0.15) is 0 Å². The molecule has 0 spiro atoms. The van der Waals surface area contributed by atoms with Gasteiger partial charge in [0.1, 0.15) is 5.75 Å². The molecule has 0 radical (unpaired) electrons. The topological polar surface area (TPSA) is 111 Å². The van der Waals surface area contributed by atoms with Gasteiger partial charge in [-0.05, 0) is 54.7 Å². The Hall–Kier alpha value is -3.43. The molecule has 2 aromatic carbocycles. The van der Waals surface area contributed by atoms with Gasteiger partial charge in [-0.1, -0.05) is 24.3 Å². The van der Waals surface area contributed by atoms with Gasteiger partial charge in [0.05, 0.1) is 25.7 Å². The predicted octanol–water partition coefficient (Wildman–Crippen LogP) is 1.94. The number of aliphatic hydroxyl groups excluding tert-OH is 1. The molecule has 2 aromatic rings. The van der Waals surface area contributed by atoms with E-state index in [0.717, 1.165) is 29.7 Å². The van der Waals surface area contributed by atoms with Crippen LogP contribution in [0.4, 0.5) is 5.69 Å². The van der Waals surface area contributed by atoms with Gasteiger partial charge in [0, 0.05) is 44.8 Å². The second-order valence-corrected chi connectivity index (χ2v) is 9.84. The Morgan fingerprint density at radius 1 is 1.05 bits per heavy atom. The monoisotopic (exact) mass is 508 g/mol. The molecule has 9 nitrogen and oxygen atoms in total. The van der Waals surface area contributed by atoms with E-state index in [4.69, 9.17) is 4.74 Å². The van der Waals surface area contributed by atoms with Crippen LogP contribution in [0.3, 0.4) is 0 Å². The SMILES string of the molecule is COc1cccc(CNC(=O)[C@@H]2C[C@@H](O)CN2C2CCN(C(=O)Cc3ccc(NC(C)=O)cc3)CC2)c1. The molecule has 2 aliphatic rings. The largest absolute Gasteiger partial charge is 0.497 e. The minimum atomic E-state index is -0.535. The van der Waals surface area contributed by atoms with Crippen LogP contribution in [0.5, 0.6) is 5.75 Å². The third-order valence-corrected chi connectivity index (χ3v) is 7.14. The van der Waals surface area contributed by atoms with E-state index in [9.17, 15) is 19.5 Å². The Kier molecular flexibility index (Phi) is 8.78. The lowest BCUT2D eigenvalue weighted by Gasteiger charge is -2.39. The molecule has 2 heterocycles. The van der Waals surface area contributed by atoms with Crippen molar-refractivity contribution < 1.29 is 24.2 Å². The Bertz CT molecular complexity index is 1100. The zero-order chi connectivity index (χ0) is 26.4. The minimum Gasteiger partial charge on any atom is -0.497 e. The zero-order valence-corrected chi connectivity index (χ0v) is 21.5. The molecule has 2 aliphatic heterocycles. The summed E-state index contributed by atoms with van der Waals surface area (Å²) < 4.78 is 5.25. The minimum absolute atomic E-state index is 0.0692. The normalized spacial score (nSPS) is 20.5. The van der Waals surface area contributed by atoms with E-state index < -0.39 is 6.10 Å². The maximum absolute atomic E-state index is 13.0. The van der Waals surface area contributed by atoms with Crippen LogP contribution < -0.4 is 15.4 Å². The standard InChI is InChI=1S/C28H36N4O5/c1-19(33)30-22-8-6-20(7-9-22)15-27(35)31-12-10-23(11-13-31)32-18-24(34)16-26(32)28(36)29-17-21-4-3-5-25(14-21)37-2/h3-9,14,23-24,26,34H,10-13,15-18H2,1-2H3,(H,29,36)(H,30,33)/t24-,26+/m1/s1. The number of rotatable bonds is 8. The van der Waals surface area contributed by atoms with Gasteiger partial charge in [-0.15, -0.1) is 0 Å². The van der Waals surface area contributed by atoms with Crippen LogP contribution in [0.1, 0.15) is 37.3 Å². The van der Waals surface area contributed by atoms with Gasteiger partial charge in [0.2, 0.25) is 17.7 Å². The zero-order valence-electron chi connectivity index (χ0n) is 21.5. The number of methoxy groups -OCH3 is 1. The molecule has 0 bridgehead atoms. The summed E-state index contributed by atoms with van der Waals surface area (Å²) in [4.78, 5) is 41.1. The molecule has 0 saturated carbocycles. The lowest BCUT2D eigenvalue weighted by Crippen LogP contribution is -2.52. The Balaban J connectivity index is 1.28. The highest BCUT2D eigenvalue weighted by atomic mass is 16.5. The van der Waals surface area contributed by atoms with Crippen LogP contribution in [-0.4, -0.2) is 77.6 Å². The molecule has 4 rings (SSSR count). The van der Waals surface area contributed by atoms with Gasteiger partial charge in [-0.3, -0.25) is 19.3 Å². The first-order valence-electron chi connectivity index (χ1n) is 12.8. The number of ether oxygens (including phenoxy) is 1. The number of likely N-dealkylation sites (tertiary alicyclic amines) is 2. The number of amides is 3. The molecule has 0 unspecified atom stereocenters. The van der Waals surface area contributed by atoms with Crippen LogP contribution in [0.2, 0.25) is 0 Å². The quantitative estimate of drug-likeness (QED) is 0.503. The highest BCUT2D eigenvalue weighted by molar-refractivity contribution is 5.88. The van der Waals surface area contributed by atoms with Crippen molar-refractivity contribution in [3.05, 3.63) is 59.7 Å². The summed E-state index contributed by atoms with van der Waals surface area (Å²) in [5, 5.41) is 16.1. The summed E-state index contributed by atoms with van der Waals surface area (Å²) in [6, 6.07) is 14.7. The smallest absolute Gasteiger partial charge is 0.237 e. The molecule has 2 saturated heterocycles. The number of carbonyl (C=O) groups excluding carboxylic acids is 3. The van der Waals surface area contributed by atoms with Crippen LogP contribution in [0.25, 0.3) is 0 Å². The summed E-state index contributed by atoms with van der Waals surface area (Å²) in [6.07, 6.45) is 1.71. The molecule has 3 N–H and O–H groups in total. The number of β-amino-alcohol motifs (C(OH)–C–C–N with tert-alkyl or cyclic N) is 1. The molecule has 3 amide bonds. The first-order chi connectivity index (χ1) is 17.8. The van der Waals surface area contributed by atoms with E-state index in [1.54, 1.807) is 19.2 Å². The molecule has 2 atom stereocenters. The van der Waals surface area contributed by atoms with E-state index in [1.165, 1.54) is 6.92 Å². The van der Waals surface area contributed by atoms with E-state index >= 15 is 0 Å². The number of carbonyl (C=O) groups is 3. The van der Waals surface area contributed by atoms with Crippen molar-refractivity contribution >= 4 is 23.4 Å². The summed E-state index contributed by atoms with van der Waals surface area (Å²) in [5.74, 6) is 0.599. The summed E-state index contributed by atoms with van der Waals surface area (Å²) >= 11 is 0. The van der Waals surface area contributed by atoms with Crippen molar-refractivity contribution in [1.82, 2.24) is 15.1 Å². The average Bonchev–Trinajstić information content (AvgIpc) is 3.30. The van der Waals surface area contributed by atoms with E-state index in [2.05, 4.69) is 15.5 Å². The van der Waals surface area contributed by atoms with Crippen molar-refractivity contribution in [3.63, 3.8) is 0 Å². The van der Waals surface area contributed by atoms with Crippen molar-refractivity contribution in [1.29, 1.82) is 0 Å². The Labute approximate surface area is 217 Å². The highest BCUT2D eigenvalue weighted by Gasteiger charge is 2.40. The van der Waals surface area contributed by atoms with Crippen LogP contribution in [0.15, 0.2) is 48.5 Å². The first kappa shape index (κ1) is 26.6. The molecule has 0 aliphatic carbocycles. The number of piperidine rings is 1. The summed E-state index contributed by atoms with van der Waals surface area (Å²) in [7, 11) is 1.61. The number of nitrogens with zero attached hydrogens (tertiary/aromatic N) is 2. The number of hydrogen-bond acceptors (Lipinski definition) is 6. The molecule has 37 heavy (non-hydrogen) atoms. The van der Waals surface area contributed by atoms with Gasteiger partial charge >= 0.3 is 0 Å². The van der Waals surface area contributed by atoms with Crippen molar-refractivity contribution in [2.24, 2.45) is 0 Å². The first-order valence-corrected chi connectivity index (χ1v) is 12.8. The van der Waals surface area contributed by atoms with Crippen LogP contribution >= 0.6 is 0 Å². The van der Waals surface area contributed by atoms with E-state index in [1.807, 2.05) is 41.3 Å². The maximum Gasteiger partial charge on any atom is 0.237 e. The third kappa shape index (κ3) is 7.08. The third-order valence-electron chi connectivity index (χ3n) is 7.14. The summed E-state index contributed by atoms with van der Waals surface area (Å²) in [6.45, 7) is 3.57. The van der Waals surface area contributed by atoms with Crippen molar-refractivity contribution in [2.75, 3.05) is 32.1 Å². The van der Waals surface area contributed by atoms with Crippen molar-refractivity contribution in [3.8, 4) is 5.75 Å². The average molecular weight is 509 g/mol. The molecular formula is C28H36N4O5. The number of anilines is 1. The lowest BCUT2D eigenvalue weighted by molar-refractivity contribution is -0.133. The fraction of sp³-hybridized carbons (Fsp3) is 0.464. The Morgan fingerprint density at radius 2 is 1.78 bits per heavy atom. The summed E-state index contributed by atoms with van der Waals surface area (Å²) in [5.41, 5.74) is 2.56. The number of nitrogens with one attached hydrogen (secondary N) is 2. The Morgan fingerprint density at radius 3 is 2.46 bits per heavy atom. The van der Waals surface area contributed by atoms with Gasteiger partial charge < -0.3 is 25.4 Å². The van der Waals surface area contributed by atoms with Gasteiger partial charge in [-0.25, -0.2) is 0 Å². The van der Waals surface area contributed by atoms with Gasteiger partial charge in [0.15, 0.2) is 0 Å². The molecule has 198 valence electrons. The van der Waals surface area contributed by atoms with E-state index in [-0.39, 0.29) is 29.8 Å². The van der Waals surface area contributed by atoms with Crippen LogP contribution in [-0.2, 0) is 27.3 Å². The van der Waals surface area contributed by atoms with E-state index in [0.29, 0.717) is 44.7 Å². The molecule has 9 heteroatoms. The molecule has 2 fully saturated rings. The highest BCUT2D eigenvalue weighted by Crippen LogP contribution is 2.27. The number of aliphatic hydroxyl groups is 1. The number of benzene rings is 2. The predicted molar refractivity (Wildman–Crippen MR) is 140 cm³/mol. The lowest BCUT2D eigenvalue weighted by atomic mass is 10.0. The van der Waals surface area contributed by atoms with Crippen molar-refractivity contribution in [2.45, 2.75) is 57.3 Å². The van der Waals surface area contributed by atoms with Gasteiger partial charge in [0.25, 0.3) is 0 Å². The fourth-order valence-electron chi connectivity index (χ4n) is 5.23. The second kappa shape index (κ2) is 12.2. The number of hydrogen-bond donors (Lipinski definition) is 3. The second-order valence-electron chi connectivity index (χ2n) is 9.84. The maximum atomic E-state index is 13.0. The van der Waals surface area contributed by atoms with Crippen LogP contribution in [0, 0.1) is 0 Å². The fourth-order valence-corrected chi connectivity index (χ4v) is 5.23. The molecule has 0 aromatic heterocycles. The molecular weight excluding hydrogens is 472 g/mol.